The molecule has 1 heterocycles. The molecule has 0 spiro atoms. The molecular weight excluding hydrogens is 288 g/mol. The fourth-order valence-electron chi connectivity index (χ4n) is 2.36. The summed E-state index contributed by atoms with van der Waals surface area (Å²) in [4.78, 5) is 11.0. The van der Waals surface area contributed by atoms with Crippen molar-refractivity contribution in [2.24, 2.45) is 0 Å². The fraction of sp³-hybridized carbons (Fsp3) is 0.938. The van der Waals surface area contributed by atoms with Gasteiger partial charge in [0, 0.05) is 26.6 Å². The lowest BCUT2D eigenvalue weighted by Gasteiger charge is -2.39. The maximum atomic E-state index is 11.0. The Morgan fingerprint density at radius 3 is 2.41 bits per heavy atom. The van der Waals surface area contributed by atoms with Gasteiger partial charge in [-0.15, -0.1) is 0 Å². The summed E-state index contributed by atoms with van der Waals surface area (Å²) in [6.07, 6.45) is 2.37. The number of hydrogen-bond donors (Lipinski definition) is 1. The predicted octanol–water partition coefficient (Wildman–Crippen LogP) is 2.03. The Morgan fingerprint density at radius 2 is 1.82 bits per heavy atom. The molecule has 1 saturated heterocycles. The van der Waals surface area contributed by atoms with Crippen LogP contribution in [0.1, 0.15) is 52.9 Å². The second-order valence-corrected chi connectivity index (χ2v) is 5.62. The number of ether oxygens (including phenoxy) is 4. The lowest BCUT2D eigenvalue weighted by molar-refractivity contribution is -0.259. The second kappa shape index (κ2) is 10.9. The summed E-state index contributed by atoms with van der Waals surface area (Å²) in [6.45, 7) is 6.84. The summed E-state index contributed by atoms with van der Waals surface area (Å²) in [6, 6.07) is 0. The standard InChI is InChI=1S/C16H30O6/c1-4-6-8-19-13-10-15(18)22-14(11-21-12(3)17)16(13)20-9-7-5-2/h13-16,18H,4-11H2,1-3H3. The Hall–Kier alpha value is -0.690. The highest BCUT2D eigenvalue weighted by atomic mass is 16.7. The van der Waals surface area contributed by atoms with E-state index in [0.29, 0.717) is 19.6 Å². The number of aliphatic hydroxyl groups is 1. The molecule has 4 unspecified atom stereocenters. The minimum absolute atomic E-state index is 0.0663. The third kappa shape index (κ3) is 7.05. The van der Waals surface area contributed by atoms with E-state index >= 15 is 0 Å². The molecular formula is C16H30O6. The first-order valence-electron chi connectivity index (χ1n) is 8.28. The third-order valence-electron chi connectivity index (χ3n) is 3.59. The molecule has 0 aliphatic carbocycles. The van der Waals surface area contributed by atoms with Crippen LogP contribution < -0.4 is 0 Å². The van der Waals surface area contributed by atoms with E-state index in [0.717, 1.165) is 25.7 Å². The second-order valence-electron chi connectivity index (χ2n) is 5.62. The molecule has 0 bridgehead atoms. The monoisotopic (exact) mass is 318 g/mol. The molecule has 1 aliphatic rings. The molecule has 22 heavy (non-hydrogen) atoms. The highest BCUT2D eigenvalue weighted by Crippen LogP contribution is 2.25. The Kier molecular flexibility index (Phi) is 9.63. The highest BCUT2D eigenvalue weighted by molar-refractivity contribution is 5.65. The SMILES string of the molecule is CCCCOC1CC(O)OC(COC(C)=O)C1OCCCC. The van der Waals surface area contributed by atoms with E-state index in [4.69, 9.17) is 18.9 Å². The number of hydrogen-bond acceptors (Lipinski definition) is 6. The zero-order valence-corrected chi connectivity index (χ0v) is 14.0. The van der Waals surface area contributed by atoms with Crippen LogP contribution in [0.4, 0.5) is 0 Å². The molecule has 1 fully saturated rings. The van der Waals surface area contributed by atoms with Gasteiger partial charge in [0.1, 0.15) is 18.8 Å². The molecule has 6 nitrogen and oxygen atoms in total. The van der Waals surface area contributed by atoms with Crippen LogP contribution in [0.5, 0.6) is 0 Å². The van der Waals surface area contributed by atoms with E-state index in [1.54, 1.807) is 0 Å². The van der Waals surface area contributed by atoms with Gasteiger partial charge in [-0.25, -0.2) is 0 Å². The van der Waals surface area contributed by atoms with E-state index in [1.165, 1.54) is 6.92 Å². The molecule has 0 aromatic rings. The fourth-order valence-corrected chi connectivity index (χ4v) is 2.36. The van der Waals surface area contributed by atoms with E-state index < -0.39 is 12.4 Å². The van der Waals surface area contributed by atoms with Gasteiger partial charge >= 0.3 is 5.97 Å². The van der Waals surface area contributed by atoms with Crippen molar-refractivity contribution in [1.82, 2.24) is 0 Å². The van der Waals surface area contributed by atoms with Crippen LogP contribution in [0.15, 0.2) is 0 Å². The van der Waals surface area contributed by atoms with Crippen molar-refractivity contribution in [3.63, 3.8) is 0 Å². The molecule has 1 aliphatic heterocycles. The zero-order valence-electron chi connectivity index (χ0n) is 14.0. The molecule has 0 radical (unpaired) electrons. The Labute approximate surface area is 133 Å². The molecule has 0 amide bonds. The van der Waals surface area contributed by atoms with Crippen molar-refractivity contribution < 1.29 is 28.8 Å². The van der Waals surface area contributed by atoms with Crippen LogP contribution in [0.3, 0.4) is 0 Å². The lowest BCUT2D eigenvalue weighted by Crippen LogP contribution is -2.53. The van der Waals surface area contributed by atoms with Gasteiger partial charge < -0.3 is 24.1 Å². The van der Waals surface area contributed by atoms with E-state index in [2.05, 4.69) is 13.8 Å². The van der Waals surface area contributed by atoms with Crippen LogP contribution in [0.2, 0.25) is 0 Å². The smallest absolute Gasteiger partial charge is 0.302 e. The van der Waals surface area contributed by atoms with Gasteiger partial charge in [-0.05, 0) is 12.8 Å². The zero-order chi connectivity index (χ0) is 16.4. The maximum Gasteiger partial charge on any atom is 0.302 e. The number of aliphatic hydroxyl groups excluding tert-OH is 1. The first-order valence-corrected chi connectivity index (χ1v) is 8.28. The van der Waals surface area contributed by atoms with Crippen LogP contribution in [-0.4, -0.2) is 55.5 Å². The van der Waals surface area contributed by atoms with Crippen molar-refractivity contribution in [2.75, 3.05) is 19.8 Å². The summed E-state index contributed by atoms with van der Waals surface area (Å²) in [5.41, 5.74) is 0. The number of rotatable bonds is 10. The van der Waals surface area contributed by atoms with Gasteiger partial charge in [0.2, 0.25) is 0 Å². The number of unbranched alkanes of at least 4 members (excludes halogenated alkanes) is 2. The molecule has 0 aromatic carbocycles. The lowest BCUT2D eigenvalue weighted by atomic mass is 10.0. The van der Waals surface area contributed by atoms with Gasteiger partial charge in [-0.3, -0.25) is 4.79 Å². The minimum Gasteiger partial charge on any atom is -0.463 e. The van der Waals surface area contributed by atoms with Crippen LogP contribution in [-0.2, 0) is 23.7 Å². The predicted molar refractivity (Wildman–Crippen MR) is 81.4 cm³/mol. The first kappa shape index (κ1) is 19.4. The van der Waals surface area contributed by atoms with E-state index in [-0.39, 0.29) is 24.8 Å². The largest absolute Gasteiger partial charge is 0.463 e. The van der Waals surface area contributed by atoms with Crippen LogP contribution >= 0.6 is 0 Å². The van der Waals surface area contributed by atoms with Crippen molar-refractivity contribution in [1.29, 1.82) is 0 Å². The molecule has 1 rings (SSSR count). The molecule has 6 heteroatoms. The van der Waals surface area contributed by atoms with Gasteiger partial charge in [0.05, 0.1) is 6.10 Å². The minimum atomic E-state index is -0.918. The van der Waals surface area contributed by atoms with Crippen LogP contribution in [0.25, 0.3) is 0 Å². The van der Waals surface area contributed by atoms with E-state index in [9.17, 15) is 9.90 Å². The van der Waals surface area contributed by atoms with Gasteiger partial charge in [0.25, 0.3) is 0 Å². The van der Waals surface area contributed by atoms with Crippen molar-refractivity contribution in [2.45, 2.75) is 77.5 Å². The summed E-state index contributed by atoms with van der Waals surface area (Å²) in [5.74, 6) is -0.376. The average Bonchev–Trinajstić information content (AvgIpc) is 2.47. The molecule has 0 saturated carbocycles. The summed E-state index contributed by atoms with van der Waals surface area (Å²) < 4.78 is 22.3. The molecule has 0 aromatic heterocycles. The average molecular weight is 318 g/mol. The summed E-state index contributed by atoms with van der Waals surface area (Å²) in [7, 11) is 0. The number of carbonyl (C=O) groups is 1. The number of esters is 1. The molecule has 4 atom stereocenters. The summed E-state index contributed by atoms with van der Waals surface area (Å²) >= 11 is 0. The van der Waals surface area contributed by atoms with Gasteiger partial charge in [-0.2, -0.15) is 0 Å². The van der Waals surface area contributed by atoms with E-state index in [1.807, 2.05) is 0 Å². The van der Waals surface area contributed by atoms with Crippen molar-refractivity contribution in [3.8, 4) is 0 Å². The van der Waals surface area contributed by atoms with Crippen molar-refractivity contribution in [3.05, 3.63) is 0 Å². The maximum absolute atomic E-state index is 11.0. The topological polar surface area (TPSA) is 74.2 Å². The van der Waals surface area contributed by atoms with Gasteiger partial charge in [0.15, 0.2) is 6.29 Å². The van der Waals surface area contributed by atoms with Gasteiger partial charge in [-0.1, -0.05) is 26.7 Å². The molecule has 1 N–H and O–H groups in total. The highest BCUT2D eigenvalue weighted by Gasteiger charge is 2.40. The van der Waals surface area contributed by atoms with Crippen molar-refractivity contribution >= 4 is 5.97 Å². The Bertz CT molecular complexity index is 309. The Morgan fingerprint density at radius 1 is 1.18 bits per heavy atom. The normalized spacial score (nSPS) is 28.5. The van der Waals surface area contributed by atoms with Crippen LogP contribution in [0, 0.1) is 0 Å². The molecule has 130 valence electrons. The summed E-state index contributed by atoms with van der Waals surface area (Å²) in [5, 5.41) is 9.86. The Balaban J connectivity index is 2.64. The number of carbonyl (C=O) groups excluding carboxylic acids is 1. The third-order valence-corrected chi connectivity index (χ3v) is 3.59. The quantitative estimate of drug-likeness (QED) is 0.491. The first-order chi connectivity index (χ1) is 10.6.